The predicted octanol–water partition coefficient (Wildman–Crippen LogP) is 2.33. The van der Waals surface area contributed by atoms with Gasteiger partial charge in [-0.2, -0.15) is 5.26 Å². The van der Waals surface area contributed by atoms with Crippen LogP contribution in [0.25, 0.3) is 0 Å². The Labute approximate surface area is 94.1 Å². The molecule has 0 radical (unpaired) electrons. The third kappa shape index (κ3) is 2.70. The van der Waals surface area contributed by atoms with Crippen molar-refractivity contribution >= 4 is 11.4 Å². The normalized spacial score (nSPS) is 11.6. The largest absolute Gasteiger partial charge is 0.371 e. The second-order valence-electron chi connectivity index (χ2n) is 3.60. The monoisotopic (exact) mass is 219 g/mol. The molecule has 1 atom stereocenters. The molecule has 0 aromatic heterocycles. The molecule has 1 rings (SSSR count). The summed E-state index contributed by atoms with van der Waals surface area (Å²) < 4.78 is 0. The molecule has 0 amide bonds. The van der Waals surface area contributed by atoms with Gasteiger partial charge in [0, 0.05) is 30.9 Å². The lowest BCUT2D eigenvalue weighted by molar-refractivity contribution is -0.384. The number of hydrogen-bond acceptors (Lipinski definition) is 4. The molecule has 0 aliphatic heterocycles. The molecule has 0 bridgehead atoms. The molecule has 0 aliphatic carbocycles. The molecule has 5 nitrogen and oxygen atoms in total. The number of rotatable bonds is 4. The van der Waals surface area contributed by atoms with E-state index in [2.05, 4.69) is 6.07 Å². The highest BCUT2D eigenvalue weighted by Gasteiger charge is 2.11. The molecule has 84 valence electrons. The maximum Gasteiger partial charge on any atom is 0.269 e. The van der Waals surface area contributed by atoms with Crippen LogP contribution >= 0.6 is 0 Å². The number of anilines is 1. The lowest BCUT2D eigenvalue weighted by Crippen LogP contribution is -2.28. The first-order chi connectivity index (χ1) is 7.56. The Kier molecular flexibility index (Phi) is 3.84. The SMILES string of the molecule is CC(CC#N)N(C)c1ccc([N+](=O)[O-])cc1. The molecule has 16 heavy (non-hydrogen) atoms. The van der Waals surface area contributed by atoms with Crippen molar-refractivity contribution in [1.82, 2.24) is 0 Å². The summed E-state index contributed by atoms with van der Waals surface area (Å²) in [6.07, 6.45) is 0.424. The summed E-state index contributed by atoms with van der Waals surface area (Å²) >= 11 is 0. The zero-order chi connectivity index (χ0) is 12.1. The number of non-ortho nitro benzene ring substituents is 1. The molecular formula is C11H13N3O2. The average Bonchev–Trinajstić information content (AvgIpc) is 2.28. The fourth-order valence-electron chi connectivity index (χ4n) is 1.33. The fourth-order valence-corrected chi connectivity index (χ4v) is 1.33. The second-order valence-corrected chi connectivity index (χ2v) is 3.60. The molecule has 0 fully saturated rings. The van der Waals surface area contributed by atoms with E-state index in [1.807, 2.05) is 18.9 Å². The third-order valence-corrected chi connectivity index (χ3v) is 2.52. The molecule has 0 spiro atoms. The topological polar surface area (TPSA) is 70.2 Å². The lowest BCUT2D eigenvalue weighted by Gasteiger charge is -2.24. The van der Waals surface area contributed by atoms with Crippen LogP contribution in [0, 0.1) is 21.4 Å². The molecule has 0 saturated carbocycles. The number of hydrogen-bond donors (Lipinski definition) is 0. The van der Waals surface area contributed by atoms with Crippen LogP contribution < -0.4 is 4.90 Å². The van der Waals surface area contributed by atoms with E-state index in [4.69, 9.17) is 5.26 Å². The van der Waals surface area contributed by atoms with Crippen molar-refractivity contribution in [2.45, 2.75) is 19.4 Å². The number of nitriles is 1. The number of benzene rings is 1. The quantitative estimate of drug-likeness (QED) is 0.575. The van der Waals surface area contributed by atoms with Crippen LogP contribution in [0.3, 0.4) is 0 Å². The summed E-state index contributed by atoms with van der Waals surface area (Å²) in [5.74, 6) is 0. The van der Waals surface area contributed by atoms with E-state index in [0.29, 0.717) is 6.42 Å². The van der Waals surface area contributed by atoms with Gasteiger partial charge in [0.15, 0.2) is 0 Å². The summed E-state index contributed by atoms with van der Waals surface area (Å²) in [6, 6.07) is 8.49. The highest BCUT2D eigenvalue weighted by molar-refractivity contribution is 5.50. The minimum atomic E-state index is -0.428. The van der Waals surface area contributed by atoms with Gasteiger partial charge in [-0.25, -0.2) is 0 Å². The smallest absolute Gasteiger partial charge is 0.269 e. The Balaban J connectivity index is 2.82. The Hall–Kier alpha value is -2.09. The van der Waals surface area contributed by atoms with Crippen molar-refractivity contribution in [2.75, 3.05) is 11.9 Å². The van der Waals surface area contributed by atoms with Gasteiger partial charge < -0.3 is 4.90 Å². The first-order valence-corrected chi connectivity index (χ1v) is 4.90. The van der Waals surface area contributed by atoms with E-state index in [-0.39, 0.29) is 11.7 Å². The summed E-state index contributed by atoms with van der Waals surface area (Å²) in [4.78, 5) is 12.0. The molecule has 1 aromatic rings. The van der Waals surface area contributed by atoms with Crippen molar-refractivity contribution in [3.8, 4) is 6.07 Å². The Bertz CT molecular complexity index is 408. The maximum absolute atomic E-state index is 10.5. The van der Waals surface area contributed by atoms with E-state index >= 15 is 0 Å². The summed E-state index contributed by atoms with van der Waals surface area (Å²) in [5, 5.41) is 19.1. The molecule has 0 aliphatic rings. The van der Waals surface area contributed by atoms with Gasteiger partial charge in [0.25, 0.3) is 5.69 Å². The van der Waals surface area contributed by atoms with E-state index in [1.165, 1.54) is 12.1 Å². The van der Waals surface area contributed by atoms with Crippen molar-refractivity contribution in [3.05, 3.63) is 34.4 Å². The summed E-state index contributed by atoms with van der Waals surface area (Å²) in [7, 11) is 1.86. The molecule has 1 unspecified atom stereocenters. The van der Waals surface area contributed by atoms with E-state index in [9.17, 15) is 10.1 Å². The molecular weight excluding hydrogens is 206 g/mol. The lowest BCUT2D eigenvalue weighted by atomic mass is 10.2. The number of nitro groups is 1. The van der Waals surface area contributed by atoms with Crippen LogP contribution in [0.1, 0.15) is 13.3 Å². The van der Waals surface area contributed by atoms with E-state index < -0.39 is 4.92 Å². The van der Waals surface area contributed by atoms with E-state index in [0.717, 1.165) is 5.69 Å². The first kappa shape index (κ1) is 12.0. The highest BCUT2D eigenvalue weighted by Crippen LogP contribution is 2.20. The van der Waals surface area contributed by atoms with Crippen LogP contribution in [0.5, 0.6) is 0 Å². The predicted molar refractivity (Wildman–Crippen MR) is 61.2 cm³/mol. The van der Waals surface area contributed by atoms with Gasteiger partial charge in [0.1, 0.15) is 0 Å². The van der Waals surface area contributed by atoms with Gasteiger partial charge in [-0.15, -0.1) is 0 Å². The van der Waals surface area contributed by atoms with Gasteiger partial charge in [0.2, 0.25) is 0 Å². The fraction of sp³-hybridized carbons (Fsp3) is 0.364. The van der Waals surface area contributed by atoms with Crippen molar-refractivity contribution in [3.63, 3.8) is 0 Å². The molecule has 1 aromatic carbocycles. The third-order valence-electron chi connectivity index (χ3n) is 2.52. The molecule has 0 N–H and O–H groups in total. The first-order valence-electron chi connectivity index (χ1n) is 4.90. The van der Waals surface area contributed by atoms with Gasteiger partial charge >= 0.3 is 0 Å². The Morgan fingerprint density at radius 2 is 2.06 bits per heavy atom. The van der Waals surface area contributed by atoms with Gasteiger partial charge in [-0.05, 0) is 19.1 Å². The van der Waals surface area contributed by atoms with E-state index in [1.54, 1.807) is 12.1 Å². The van der Waals surface area contributed by atoms with Gasteiger partial charge in [-0.1, -0.05) is 0 Å². The van der Waals surface area contributed by atoms with Crippen LogP contribution in [-0.2, 0) is 0 Å². The zero-order valence-electron chi connectivity index (χ0n) is 9.25. The van der Waals surface area contributed by atoms with Crippen molar-refractivity contribution < 1.29 is 4.92 Å². The van der Waals surface area contributed by atoms with Crippen LogP contribution in [0.2, 0.25) is 0 Å². The summed E-state index contributed by atoms with van der Waals surface area (Å²) in [6.45, 7) is 1.94. The zero-order valence-corrected chi connectivity index (χ0v) is 9.25. The second kappa shape index (κ2) is 5.12. The minimum absolute atomic E-state index is 0.0742. The van der Waals surface area contributed by atoms with Crippen LogP contribution in [0.4, 0.5) is 11.4 Å². The average molecular weight is 219 g/mol. The van der Waals surface area contributed by atoms with Gasteiger partial charge in [-0.3, -0.25) is 10.1 Å². The highest BCUT2D eigenvalue weighted by atomic mass is 16.6. The Morgan fingerprint density at radius 3 is 2.50 bits per heavy atom. The Morgan fingerprint density at radius 1 is 1.50 bits per heavy atom. The van der Waals surface area contributed by atoms with Crippen molar-refractivity contribution in [2.24, 2.45) is 0 Å². The van der Waals surface area contributed by atoms with Gasteiger partial charge in [0.05, 0.1) is 17.4 Å². The standard InChI is InChI=1S/C11H13N3O2/c1-9(7-8-12)13(2)10-3-5-11(6-4-10)14(15)16/h3-6,9H,7H2,1-2H3. The van der Waals surface area contributed by atoms with Crippen LogP contribution in [0.15, 0.2) is 24.3 Å². The number of nitrogens with zero attached hydrogens (tertiary/aromatic N) is 3. The molecule has 0 heterocycles. The minimum Gasteiger partial charge on any atom is -0.371 e. The molecule has 0 saturated heterocycles. The van der Waals surface area contributed by atoms with Crippen LogP contribution in [-0.4, -0.2) is 18.0 Å². The maximum atomic E-state index is 10.5. The summed E-state index contributed by atoms with van der Waals surface area (Å²) in [5.41, 5.74) is 0.943. The molecule has 5 heteroatoms. The number of nitro benzene ring substituents is 1. The van der Waals surface area contributed by atoms with Crippen molar-refractivity contribution in [1.29, 1.82) is 5.26 Å².